The highest BCUT2D eigenvalue weighted by atomic mass is 32.2. The molecule has 0 amide bonds. The monoisotopic (exact) mass is 310 g/mol. The standard InChI is InChI=1S/C7H12O3S.C5H10O2S/c1-4(7(9)10)5(2)11-6(3)8;1-3(4(2)8)5(6)7/h4-5H,1-3H3,(H,9,10);3-4,8H,1-2H3,(H,6,7)/t4-,5+;3-,4+/m11/s1. The van der Waals surface area contributed by atoms with Crippen LogP contribution in [-0.2, 0) is 14.4 Å². The van der Waals surface area contributed by atoms with E-state index in [1.54, 1.807) is 27.7 Å². The van der Waals surface area contributed by atoms with Gasteiger partial charge in [0.2, 0.25) is 0 Å². The summed E-state index contributed by atoms with van der Waals surface area (Å²) in [6.45, 7) is 8.19. The summed E-state index contributed by atoms with van der Waals surface area (Å²) in [6.07, 6.45) is 0. The van der Waals surface area contributed by atoms with Crippen LogP contribution in [0.15, 0.2) is 0 Å². The molecule has 0 fully saturated rings. The van der Waals surface area contributed by atoms with Gasteiger partial charge in [0, 0.05) is 17.4 Å². The number of carbonyl (C=O) groups excluding carboxylic acids is 1. The van der Waals surface area contributed by atoms with Gasteiger partial charge in [-0.3, -0.25) is 14.4 Å². The summed E-state index contributed by atoms with van der Waals surface area (Å²) in [5.74, 6) is -2.46. The third-order valence-electron chi connectivity index (χ3n) is 2.56. The third-order valence-corrected chi connectivity index (χ3v) is 4.12. The number of rotatable bonds is 5. The van der Waals surface area contributed by atoms with Crippen LogP contribution in [0.1, 0.15) is 34.6 Å². The number of thioether (sulfide) groups is 1. The lowest BCUT2D eigenvalue weighted by atomic mass is 10.1. The molecule has 112 valence electrons. The highest BCUT2D eigenvalue weighted by molar-refractivity contribution is 8.14. The van der Waals surface area contributed by atoms with Gasteiger partial charge in [0.1, 0.15) is 0 Å². The first kappa shape index (κ1) is 20.6. The number of thiol groups is 1. The molecule has 0 aromatic carbocycles. The van der Waals surface area contributed by atoms with Crippen LogP contribution in [0.2, 0.25) is 0 Å². The van der Waals surface area contributed by atoms with Crippen LogP contribution in [0, 0.1) is 11.8 Å². The summed E-state index contributed by atoms with van der Waals surface area (Å²) in [7, 11) is 0. The van der Waals surface area contributed by atoms with Gasteiger partial charge in [-0.1, -0.05) is 39.5 Å². The Morgan fingerprint density at radius 3 is 1.47 bits per heavy atom. The molecule has 0 bridgehead atoms. The normalized spacial score (nSPS) is 16.3. The zero-order valence-corrected chi connectivity index (χ0v) is 13.5. The summed E-state index contributed by atoms with van der Waals surface area (Å²) < 4.78 is 0. The number of aliphatic carboxylic acids is 2. The van der Waals surface area contributed by atoms with Crippen molar-refractivity contribution in [3.05, 3.63) is 0 Å². The molecule has 0 aliphatic heterocycles. The number of carboxylic acids is 2. The largest absolute Gasteiger partial charge is 0.481 e. The van der Waals surface area contributed by atoms with Crippen molar-refractivity contribution in [1.82, 2.24) is 0 Å². The summed E-state index contributed by atoms with van der Waals surface area (Å²) in [4.78, 5) is 31.0. The van der Waals surface area contributed by atoms with Gasteiger partial charge in [0.15, 0.2) is 5.12 Å². The van der Waals surface area contributed by atoms with E-state index in [4.69, 9.17) is 10.2 Å². The Hall–Kier alpha value is -0.690. The van der Waals surface area contributed by atoms with Gasteiger partial charge in [0.05, 0.1) is 11.8 Å². The number of hydrogen-bond donors (Lipinski definition) is 3. The van der Waals surface area contributed by atoms with Crippen molar-refractivity contribution in [3.63, 3.8) is 0 Å². The van der Waals surface area contributed by atoms with E-state index in [2.05, 4.69) is 12.6 Å². The average molecular weight is 310 g/mol. The highest BCUT2D eigenvalue weighted by Gasteiger charge is 2.20. The topological polar surface area (TPSA) is 91.7 Å². The second-order valence-electron chi connectivity index (χ2n) is 4.31. The molecule has 0 aliphatic carbocycles. The second kappa shape index (κ2) is 10.1. The predicted octanol–water partition coefficient (Wildman–Crippen LogP) is 2.40. The molecule has 0 rings (SSSR count). The Labute approximate surface area is 123 Å². The van der Waals surface area contributed by atoms with Crippen LogP contribution in [0.25, 0.3) is 0 Å². The molecular formula is C12H22O5S2. The molecule has 19 heavy (non-hydrogen) atoms. The number of carbonyl (C=O) groups is 3. The average Bonchev–Trinajstić information content (AvgIpc) is 2.26. The quantitative estimate of drug-likeness (QED) is 0.675. The summed E-state index contributed by atoms with van der Waals surface area (Å²) in [5.41, 5.74) is 0. The molecular weight excluding hydrogens is 288 g/mol. The smallest absolute Gasteiger partial charge is 0.307 e. The molecule has 0 heterocycles. The first-order chi connectivity index (χ1) is 8.50. The van der Waals surface area contributed by atoms with Gasteiger partial charge in [0.25, 0.3) is 0 Å². The van der Waals surface area contributed by atoms with Gasteiger partial charge >= 0.3 is 11.9 Å². The predicted molar refractivity (Wildman–Crippen MR) is 79.8 cm³/mol. The maximum atomic E-state index is 10.6. The minimum atomic E-state index is -0.855. The molecule has 0 saturated carbocycles. The van der Waals surface area contributed by atoms with E-state index in [1.165, 1.54) is 6.92 Å². The molecule has 4 atom stereocenters. The van der Waals surface area contributed by atoms with Crippen LogP contribution in [0.5, 0.6) is 0 Å². The van der Waals surface area contributed by atoms with Crippen molar-refractivity contribution in [2.75, 3.05) is 0 Å². The van der Waals surface area contributed by atoms with E-state index < -0.39 is 17.9 Å². The lowest BCUT2D eigenvalue weighted by molar-refractivity contribution is -0.141. The van der Waals surface area contributed by atoms with Crippen molar-refractivity contribution < 1.29 is 24.6 Å². The second-order valence-corrected chi connectivity index (χ2v) is 6.68. The molecule has 0 aromatic heterocycles. The molecule has 0 saturated heterocycles. The Morgan fingerprint density at radius 1 is 0.947 bits per heavy atom. The zero-order valence-electron chi connectivity index (χ0n) is 11.8. The maximum absolute atomic E-state index is 10.6. The minimum absolute atomic E-state index is 0.0365. The summed E-state index contributed by atoms with van der Waals surface area (Å²) in [5, 5.41) is 16.6. The van der Waals surface area contributed by atoms with E-state index in [0.717, 1.165) is 11.8 Å². The SMILES string of the molecule is CC(=O)S[C@@H](C)[C@@H](C)C(=O)O.C[C@H](S)[C@@H](C)C(=O)O. The van der Waals surface area contributed by atoms with Crippen molar-refractivity contribution in [2.45, 2.75) is 45.1 Å². The Balaban J connectivity index is 0. The fraction of sp³-hybridized carbons (Fsp3) is 0.750. The fourth-order valence-electron chi connectivity index (χ4n) is 0.771. The lowest BCUT2D eigenvalue weighted by Gasteiger charge is -2.12. The Bertz CT molecular complexity index is 317. The van der Waals surface area contributed by atoms with Gasteiger partial charge < -0.3 is 10.2 Å². The van der Waals surface area contributed by atoms with Crippen molar-refractivity contribution >= 4 is 41.4 Å². The molecule has 0 spiro atoms. The van der Waals surface area contributed by atoms with Crippen molar-refractivity contribution in [1.29, 1.82) is 0 Å². The fourth-order valence-corrected chi connectivity index (χ4v) is 1.74. The van der Waals surface area contributed by atoms with E-state index in [0.29, 0.717) is 0 Å². The molecule has 7 heteroatoms. The Morgan fingerprint density at radius 2 is 1.32 bits per heavy atom. The number of hydrogen-bond acceptors (Lipinski definition) is 5. The van der Waals surface area contributed by atoms with Crippen LogP contribution in [0.3, 0.4) is 0 Å². The van der Waals surface area contributed by atoms with Gasteiger partial charge in [-0.25, -0.2) is 0 Å². The first-order valence-electron chi connectivity index (χ1n) is 5.81. The molecule has 0 aromatic rings. The van der Waals surface area contributed by atoms with E-state index in [1.807, 2.05) is 0 Å². The van der Waals surface area contributed by atoms with Crippen LogP contribution >= 0.6 is 24.4 Å². The summed E-state index contributed by atoms with van der Waals surface area (Å²) in [6, 6.07) is 0. The van der Waals surface area contributed by atoms with Crippen LogP contribution in [-0.4, -0.2) is 37.8 Å². The van der Waals surface area contributed by atoms with Gasteiger partial charge in [-0.2, -0.15) is 12.6 Å². The molecule has 0 aliphatic rings. The first-order valence-corrected chi connectivity index (χ1v) is 7.21. The molecule has 0 unspecified atom stereocenters. The van der Waals surface area contributed by atoms with Crippen LogP contribution in [0.4, 0.5) is 0 Å². The molecule has 2 N–H and O–H groups in total. The molecule has 0 radical (unpaired) electrons. The van der Waals surface area contributed by atoms with Gasteiger partial charge in [-0.15, -0.1) is 0 Å². The highest BCUT2D eigenvalue weighted by Crippen LogP contribution is 2.19. The lowest BCUT2D eigenvalue weighted by Crippen LogP contribution is -2.20. The Kier molecular flexibility index (Phi) is 11.0. The number of carboxylic acid groups (broad SMARTS) is 2. The summed E-state index contributed by atoms with van der Waals surface area (Å²) >= 11 is 5.02. The van der Waals surface area contributed by atoms with E-state index >= 15 is 0 Å². The van der Waals surface area contributed by atoms with Crippen LogP contribution < -0.4 is 0 Å². The van der Waals surface area contributed by atoms with E-state index in [9.17, 15) is 14.4 Å². The third kappa shape index (κ3) is 10.9. The van der Waals surface area contributed by atoms with Gasteiger partial charge in [-0.05, 0) is 0 Å². The van der Waals surface area contributed by atoms with E-state index in [-0.39, 0.29) is 21.5 Å². The maximum Gasteiger partial charge on any atom is 0.307 e. The van der Waals surface area contributed by atoms with Crippen molar-refractivity contribution in [3.8, 4) is 0 Å². The molecule has 5 nitrogen and oxygen atoms in total. The minimum Gasteiger partial charge on any atom is -0.481 e. The zero-order chi connectivity index (χ0) is 15.7. The van der Waals surface area contributed by atoms with Crippen molar-refractivity contribution in [2.24, 2.45) is 11.8 Å².